The number of hydrogen-bond donors (Lipinski definition) is 2. The molecule has 0 saturated carbocycles. The van der Waals surface area contributed by atoms with E-state index in [-0.39, 0.29) is 17.7 Å². The quantitative estimate of drug-likeness (QED) is 0.404. The minimum absolute atomic E-state index is 0.164. The maximum Gasteiger partial charge on any atom is 0.126 e. The summed E-state index contributed by atoms with van der Waals surface area (Å²) < 4.78 is 19.7. The van der Waals surface area contributed by atoms with Gasteiger partial charge in [0.25, 0.3) is 0 Å². The molecule has 188 valence electrons. The molecule has 0 fully saturated rings. The van der Waals surface area contributed by atoms with Gasteiger partial charge in [-0.2, -0.15) is 0 Å². The van der Waals surface area contributed by atoms with Gasteiger partial charge in [-0.3, -0.25) is 0 Å². The molecule has 3 unspecified atom stereocenters. The molecule has 5 heteroatoms. The number of unbranched alkanes of at least 4 members (excludes halogenated alkanes) is 2. The Hall–Kier alpha value is -2.63. The van der Waals surface area contributed by atoms with Gasteiger partial charge in [-0.05, 0) is 93.3 Å². The molecule has 0 amide bonds. The fraction of sp³-hybridized carbons (Fsp3) is 0.467. The van der Waals surface area contributed by atoms with Crippen LogP contribution in [0.3, 0.4) is 0 Å². The predicted octanol–water partition coefficient (Wildman–Crippen LogP) is 5.74. The molecule has 2 aromatic carbocycles. The molecule has 0 spiro atoms. The van der Waals surface area contributed by atoms with E-state index >= 15 is 0 Å². The number of fused-ring (bicyclic) bond motifs is 1. The second-order valence-electron chi connectivity index (χ2n) is 10.0. The van der Waals surface area contributed by atoms with Crippen molar-refractivity contribution in [1.29, 1.82) is 0 Å². The van der Waals surface area contributed by atoms with Crippen molar-refractivity contribution in [1.82, 2.24) is 4.90 Å². The van der Waals surface area contributed by atoms with Crippen molar-refractivity contribution in [2.45, 2.75) is 64.1 Å². The molecule has 1 aliphatic heterocycles. The lowest BCUT2D eigenvalue weighted by Gasteiger charge is -2.34. The third-order valence-electron chi connectivity index (χ3n) is 7.09. The second kappa shape index (κ2) is 12.4. The Morgan fingerprint density at radius 2 is 2.00 bits per heavy atom. The van der Waals surface area contributed by atoms with Gasteiger partial charge in [0.05, 0.1) is 0 Å². The van der Waals surface area contributed by atoms with Gasteiger partial charge in [-0.15, -0.1) is 0 Å². The van der Waals surface area contributed by atoms with Gasteiger partial charge in [0.15, 0.2) is 0 Å². The summed E-state index contributed by atoms with van der Waals surface area (Å²) in [7, 11) is 0. The standard InChI is InChI=1S/C30H38FNO3/c1-22-11-15-29-25(18-22)12-16-30(35-29)28(34)21-32(20-23-8-4-2-5-9-23)17-7-3-6-10-24-19-26(31)13-14-27(24)33/h2,4-5,8,11,13-15,18-19,23,28,30,33-34H,3,6-7,9-10,12,16-17,20-21H2,1H3. The van der Waals surface area contributed by atoms with E-state index in [1.54, 1.807) is 0 Å². The Balaban J connectivity index is 1.29. The smallest absolute Gasteiger partial charge is 0.126 e. The van der Waals surface area contributed by atoms with E-state index in [9.17, 15) is 14.6 Å². The van der Waals surface area contributed by atoms with Gasteiger partial charge in [0, 0.05) is 13.1 Å². The molecule has 2 N–H and O–H groups in total. The van der Waals surface area contributed by atoms with E-state index in [1.807, 2.05) is 6.07 Å². The van der Waals surface area contributed by atoms with Gasteiger partial charge in [0.2, 0.25) is 0 Å². The SMILES string of the molecule is Cc1ccc2c(c1)CCC(C(O)CN(CCCCCc1cc(F)ccc1O)CC1C=CC=CC1)O2. The van der Waals surface area contributed by atoms with Crippen molar-refractivity contribution in [3.05, 3.63) is 83.2 Å². The number of allylic oxidation sites excluding steroid dienone is 3. The minimum Gasteiger partial charge on any atom is -0.508 e. The van der Waals surface area contributed by atoms with Gasteiger partial charge in [-0.25, -0.2) is 4.39 Å². The number of ether oxygens (including phenoxy) is 1. The Morgan fingerprint density at radius 3 is 2.83 bits per heavy atom. The Morgan fingerprint density at radius 1 is 1.11 bits per heavy atom. The van der Waals surface area contributed by atoms with E-state index in [2.05, 4.69) is 48.3 Å². The fourth-order valence-electron chi connectivity index (χ4n) is 5.13. The van der Waals surface area contributed by atoms with E-state index < -0.39 is 6.10 Å². The molecule has 0 saturated heterocycles. The van der Waals surface area contributed by atoms with Crippen LogP contribution < -0.4 is 4.74 Å². The zero-order chi connectivity index (χ0) is 24.6. The molecule has 2 aliphatic rings. The lowest BCUT2D eigenvalue weighted by Crippen LogP contribution is -2.44. The summed E-state index contributed by atoms with van der Waals surface area (Å²) in [5, 5.41) is 21.0. The first-order valence-electron chi connectivity index (χ1n) is 13.0. The second-order valence-corrected chi connectivity index (χ2v) is 10.0. The zero-order valence-electron chi connectivity index (χ0n) is 20.7. The number of aryl methyl sites for hydroxylation is 3. The number of nitrogens with zero attached hydrogens (tertiary/aromatic N) is 1. The summed E-state index contributed by atoms with van der Waals surface area (Å²) in [6.45, 7) is 4.48. The molecular formula is C30H38FNO3. The zero-order valence-corrected chi connectivity index (χ0v) is 20.7. The summed E-state index contributed by atoms with van der Waals surface area (Å²) in [6.07, 6.45) is 14.2. The van der Waals surface area contributed by atoms with Crippen LogP contribution in [0.2, 0.25) is 0 Å². The highest BCUT2D eigenvalue weighted by atomic mass is 19.1. The molecule has 0 radical (unpaired) electrons. The number of phenolic OH excluding ortho intramolecular Hbond substituents is 1. The fourth-order valence-corrected chi connectivity index (χ4v) is 5.13. The number of aliphatic hydroxyl groups is 1. The molecule has 4 rings (SSSR count). The van der Waals surface area contributed by atoms with Crippen LogP contribution in [0.4, 0.5) is 4.39 Å². The highest BCUT2D eigenvalue weighted by molar-refractivity contribution is 5.38. The topological polar surface area (TPSA) is 52.9 Å². The minimum atomic E-state index is -0.545. The third-order valence-corrected chi connectivity index (χ3v) is 7.09. The van der Waals surface area contributed by atoms with Crippen molar-refractivity contribution in [2.75, 3.05) is 19.6 Å². The summed E-state index contributed by atoms with van der Waals surface area (Å²) in [5.74, 6) is 1.21. The van der Waals surface area contributed by atoms with Gasteiger partial charge < -0.3 is 19.8 Å². The first-order valence-corrected chi connectivity index (χ1v) is 13.0. The normalized spacial score (nSPS) is 20.0. The van der Waals surface area contributed by atoms with Crippen LogP contribution in [0.1, 0.15) is 48.8 Å². The maximum absolute atomic E-state index is 13.5. The molecule has 1 aliphatic carbocycles. The number of aromatic hydroxyl groups is 1. The lowest BCUT2D eigenvalue weighted by molar-refractivity contribution is -0.0000735. The number of rotatable bonds is 11. The number of aliphatic hydroxyl groups excluding tert-OH is 1. The van der Waals surface area contributed by atoms with Crippen molar-refractivity contribution in [3.63, 3.8) is 0 Å². The molecule has 1 heterocycles. The van der Waals surface area contributed by atoms with Crippen LogP contribution in [0.5, 0.6) is 11.5 Å². The predicted molar refractivity (Wildman–Crippen MR) is 138 cm³/mol. The molecule has 35 heavy (non-hydrogen) atoms. The lowest BCUT2D eigenvalue weighted by atomic mass is 9.96. The van der Waals surface area contributed by atoms with Crippen molar-refractivity contribution >= 4 is 0 Å². The Kier molecular flexibility index (Phi) is 9.00. The van der Waals surface area contributed by atoms with Crippen LogP contribution in [-0.4, -0.2) is 47.0 Å². The molecular weight excluding hydrogens is 441 g/mol. The van der Waals surface area contributed by atoms with Gasteiger partial charge >= 0.3 is 0 Å². The number of hydrogen-bond acceptors (Lipinski definition) is 4. The summed E-state index contributed by atoms with van der Waals surface area (Å²) in [6, 6.07) is 10.4. The van der Waals surface area contributed by atoms with E-state index in [1.165, 1.54) is 29.3 Å². The monoisotopic (exact) mass is 479 g/mol. The summed E-state index contributed by atoms with van der Waals surface area (Å²) in [4.78, 5) is 2.37. The van der Waals surface area contributed by atoms with E-state index in [4.69, 9.17) is 4.74 Å². The van der Waals surface area contributed by atoms with Crippen LogP contribution >= 0.6 is 0 Å². The van der Waals surface area contributed by atoms with E-state index in [0.29, 0.717) is 24.4 Å². The Labute approximate surface area is 208 Å². The number of halogens is 1. The number of benzene rings is 2. The molecule has 2 aromatic rings. The summed E-state index contributed by atoms with van der Waals surface area (Å²) >= 11 is 0. The summed E-state index contributed by atoms with van der Waals surface area (Å²) in [5.41, 5.74) is 3.13. The van der Waals surface area contributed by atoms with Gasteiger partial charge in [-0.1, -0.05) is 48.4 Å². The highest BCUT2D eigenvalue weighted by Gasteiger charge is 2.28. The average Bonchev–Trinajstić information content (AvgIpc) is 2.86. The van der Waals surface area contributed by atoms with Crippen LogP contribution in [0.15, 0.2) is 60.7 Å². The molecule has 0 bridgehead atoms. The first kappa shape index (κ1) is 25.5. The van der Waals surface area contributed by atoms with Crippen LogP contribution in [0.25, 0.3) is 0 Å². The van der Waals surface area contributed by atoms with Crippen LogP contribution in [0, 0.1) is 18.7 Å². The van der Waals surface area contributed by atoms with E-state index in [0.717, 1.165) is 57.4 Å². The largest absolute Gasteiger partial charge is 0.508 e. The van der Waals surface area contributed by atoms with Crippen molar-refractivity contribution < 1.29 is 19.3 Å². The Bertz CT molecular complexity index is 1030. The van der Waals surface area contributed by atoms with Crippen molar-refractivity contribution in [3.8, 4) is 11.5 Å². The highest BCUT2D eigenvalue weighted by Crippen LogP contribution is 2.30. The van der Waals surface area contributed by atoms with Crippen molar-refractivity contribution in [2.24, 2.45) is 5.92 Å². The first-order chi connectivity index (χ1) is 17.0. The number of phenols is 1. The van der Waals surface area contributed by atoms with Crippen LogP contribution in [-0.2, 0) is 12.8 Å². The molecule has 0 aromatic heterocycles. The third kappa shape index (κ3) is 7.42. The maximum atomic E-state index is 13.5. The van der Waals surface area contributed by atoms with Gasteiger partial charge in [0.1, 0.15) is 29.5 Å². The molecule has 3 atom stereocenters. The average molecular weight is 480 g/mol. The molecule has 4 nitrogen and oxygen atoms in total.